The Morgan fingerprint density at radius 1 is 1.31 bits per heavy atom. The summed E-state index contributed by atoms with van der Waals surface area (Å²) in [6, 6.07) is 2.32. The van der Waals surface area contributed by atoms with Crippen LogP contribution in [0, 0.1) is 18.6 Å². The number of benzene rings is 1. The predicted molar refractivity (Wildman–Crippen MR) is 45.4 cm³/mol. The van der Waals surface area contributed by atoms with Crippen molar-refractivity contribution in [3.63, 3.8) is 0 Å². The highest BCUT2D eigenvalue weighted by Crippen LogP contribution is 2.19. The largest absolute Gasteiger partial charge is 0.321 e. The number of halogens is 2. The molecule has 0 aliphatic heterocycles. The van der Waals surface area contributed by atoms with Crippen molar-refractivity contribution >= 4 is 11.6 Å². The van der Waals surface area contributed by atoms with Gasteiger partial charge in [0.05, 0.1) is 0 Å². The van der Waals surface area contributed by atoms with E-state index < -0.39 is 23.2 Å². The molecule has 0 unspecified atom stereocenters. The van der Waals surface area contributed by atoms with Crippen molar-refractivity contribution in [3.05, 3.63) is 29.3 Å². The molecule has 0 aliphatic carbocycles. The first kappa shape index (κ1) is 9.64. The van der Waals surface area contributed by atoms with Crippen molar-refractivity contribution in [2.45, 2.75) is 13.8 Å². The summed E-state index contributed by atoms with van der Waals surface area (Å²) in [4.78, 5) is 10.6. The molecule has 0 atom stereocenters. The van der Waals surface area contributed by atoms with Crippen LogP contribution in [0.4, 0.5) is 14.5 Å². The van der Waals surface area contributed by atoms with Gasteiger partial charge < -0.3 is 5.32 Å². The van der Waals surface area contributed by atoms with E-state index in [1.165, 1.54) is 6.92 Å². The lowest BCUT2D eigenvalue weighted by Gasteiger charge is -2.05. The molecule has 0 aliphatic rings. The molecule has 1 aromatic carbocycles. The number of hydrogen-bond donors (Lipinski definition) is 1. The molecule has 0 heterocycles. The summed E-state index contributed by atoms with van der Waals surface area (Å²) in [7, 11) is 0. The van der Waals surface area contributed by atoms with Gasteiger partial charge >= 0.3 is 0 Å². The van der Waals surface area contributed by atoms with Gasteiger partial charge in [-0.3, -0.25) is 4.79 Å². The number of aryl methyl sites for hydroxylation is 1. The first-order valence-electron chi connectivity index (χ1n) is 3.74. The van der Waals surface area contributed by atoms with Crippen LogP contribution in [0.2, 0.25) is 0 Å². The monoisotopic (exact) mass is 185 g/mol. The Balaban J connectivity index is 3.13. The van der Waals surface area contributed by atoms with Crippen molar-refractivity contribution < 1.29 is 13.6 Å². The maximum atomic E-state index is 13.0. The van der Waals surface area contributed by atoms with Crippen LogP contribution in [-0.2, 0) is 4.79 Å². The average molecular weight is 185 g/mol. The van der Waals surface area contributed by atoms with Gasteiger partial charge in [0.25, 0.3) is 0 Å². The van der Waals surface area contributed by atoms with E-state index in [1.807, 2.05) is 0 Å². The molecule has 0 saturated heterocycles. The summed E-state index contributed by atoms with van der Waals surface area (Å²) < 4.78 is 26.0. The smallest absolute Gasteiger partial charge is 0.221 e. The molecule has 70 valence electrons. The van der Waals surface area contributed by atoms with Crippen molar-refractivity contribution in [3.8, 4) is 0 Å². The van der Waals surface area contributed by atoms with E-state index in [9.17, 15) is 13.6 Å². The van der Waals surface area contributed by atoms with Gasteiger partial charge in [-0.2, -0.15) is 0 Å². The summed E-state index contributed by atoms with van der Waals surface area (Å²) >= 11 is 0. The molecule has 2 nitrogen and oxygen atoms in total. The van der Waals surface area contributed by atoms with E-state index >= 15 is 0 Å². The zero-order chi connectivity index (χ0) is 10.0. The minimum atomic E-state index is -0.757. The third kappa shape index (κ3) is 2.24. The first-order valence-corrected chi connectivity index (χ1v) is 3.74. The van der Waals surface area contributed by atoms with Crippen LogP contribution in [0.25, 0.3) is 0 Å². The van der Waals surface area contributed by atoms with Crippen LogP contribution < -0.4 is 5.32 Å². The Morgan fingerprint density at radius 3 is 2.15 bits per heavy atom. The molecule has 1 N–H and O–H groups in total. The second-order valence-electron chi connectivity index (χ2n) is 2.78. The van der Waals surface area contributed by atoms with Crippen LogP contribution in [0.5, 0.6) is 0 Å². The lowest BCUT2D eigenvalue weighted by Crippen LogP contribution is -2.09. The topological polar surface area (TPSA) is 29.1 Å². The molecular formula is C9H9F2NO. The Hall–Kier alpha value is -1.45. The van der Waals surface area contributed by atoms with Crippen LogP contribution >= 0.6 is 0 Å². The fourth-order valence-corrected chi connectivity index (χ4v) is 0.995. The van der Waals surface area contributed by atoms with Gasteiger partial charge in [0.15, 0.2) is 0 Å². The fraction of sp³-hybridized carbons (Fsp3) is 0.222. The SMILES string of the molecule is CC(=O)Nc1c(F)cc(C)cc1F. The number of amides is 1. The van der Waals surface area contributed by atoms with Crippen molar-refractivity contribution in [1.82, 2.24) is 0 Å². The number of nitrogens with one attached hydrogen (secondary N) is 1. The van der Waals surface area contributed by atoms with Crippen LogP contribution in [0.1, 0.15) is 12.5 Å². The van der Waals surface area contributed by atoms with Crippen molar-refractivity contribution in [2.75, 3.05) is 5.32 Å². The molecule has 0 bridgehead atoms. The minimum absolute atomic E-state index is 0.391. The van der Waals surface area contributed by atoms with Gasteiger partial charge in [-0.25, -0.2) is 8.78 Å². The standard InChI is InChI=1S/C9H9F2NO/c1-5-3-7(10)9(8(11)4-5)12-6(2)13/h3-4H,1-2H3,(H,12,13). The molecular weight excluding hydrogens is 176 g/mol. The molecule has 0 saturated carbocycles. The third-order valence-electron chi connectivity index (χ3n) is 1.49. The van der Waals surface area contributed by atoms with Gasteiger partial charge in [-0.05, 0) is 24.6 Å². The van der Waals surface area contributed by atoms with E-state index in [0.717, 1.165) is 12.1 Å². The van der Waals surface area contributed by atoms with Gasteiger partial charge in [-0.15, -0.1) is 0 Å². The summed E-state index contributed by atoms with van der Waals surface area (Å²) in [5.74, 6) is -2.01. The Bertz CT molecular complexity index is 326. The van der Waals surface area contributed by atoms with Gasteiger partial charge in [0.1, 0.15) is 17.3 Å². The van der Waals surface area contributed by atoms with Crippen LogP contribution in [0.15, 0.2) is 12.1 Å². The average Bonchev–Trinajstić information content (AvgIpc) is 1.96. The van der Waals surface area contributed by atoms with E-state index in [4.69, 9.17) is 0 Å². The van der Waals surface area contributed by atoms with E-state index in [1.54, 1.807) is 6.92 Å². The third-order valence-corrected chi connectivity index (χ3v) is 1.49. The number of carbonyl (C=O) groups excluding carboxylic acids is 1. The molecule has 0 radical (unpaired) electrons. The van der Waals surface area contributed by atoms with E-state index in [0.29, 0.717) is 5.56 Å². The summed E-state index contributed by atoms with van der Waals surface area (Å²) in [5.41, 5.74) is 0.0854. The number of anilines is 1. The lowest BCUT2D eigenvalue weighted by molar-refractivity contribution is -0.114. The van der Waals surface area contributed by atoms with Crippen LogP contribution in [-0.4, -0.2) is 5.91 Å². The molecule has 1 aromatic rings. The first-order chi connectivity index (χ1) is 6.00. The summed E-state index contributed by atoms with van der Waals surface area (Å²) in [6.07, 6.45) is 0. The molecule has 0 aromatic heterocycles. The second kappa shape index (κ2) is 3.51. The minimum Gasteiger partial charge on any atom is -0.321 e. The predicted octanol–water partition coefficient (Wildman–Crippen LogP) is 2.23. The van der Waals surface area contributed by atoms with Crippen molar-refractivity contribution in [2.24, 2.45) is 0 Å². The van der Waals surface area contributed by atoms with Gasteiger partial charge in [-0.1, -0.05) is 0 Å². The lowest BCUT2D eigenvalue weighted by atomic mass is 10.2. The van der Waals surface area contributed by atoms with Gasteiger partial charge in [0.2, 0.25) is 5.91 Å². The zero-order valence-corrected chi connectivity index (χ0v) is 7.32. The quantitative estimate of drug-likeness (QED) is 0.714. The molecule has 4 heteroatoms. The highest BCUT2D eigenvalue weighted by molar-refractivity contribution is 5.88. The maximum Gasteiger partial charge on any atom is 0.221 e. The number of rotatable bonds is 1. The van der Waals surface area contributed by atoms with Gasteiger partial charge in [0, 0.05) is 6.92 Å². The van der Waals surface area contributed by atoms with E-state index in [2.05, 4.69) is 5.32 Å². The highest BCUT2D eigenvalue weighted by atomic mass is 19.1. The Labute approximate surface area is 74.6 Å². The molecule has 13 heavy (non-hydrogen) atoms. The normalized spacial score (nSPS) is 9.85. The highest BCUT2D eigenvalue weighted by Gasteiger charge is 2.10. The van der Waals surface area contributed by atoms with Crippen molar-refractivity contribution in [1.29, 1.82) is 0 Å². The Morgan fingerprint density at radius 2 is 1.77 bits per heavy atom. The zero-order valence-electron chi connectivity index (χ0n) is 7.32. The molecule has 1 rings (SSSR count). The van der Waals surface area contributed by atoms with Crippen LogP contribution in [0.3, 0.4) is 0 Å². The van der Waals surface area contributed by atoms with E-state index in [-0.39, 0.29) is 0 Å². The summed E-state index contributed by atoms with van der Waals surface area (Å²) in [6.45, 7) is 2.77. The Kier molecular flexibility index (Phi) is 2.60. The fourth-order valence-electron chi connectivity index (χ4n) is 0.995. The number of carbonyl (C=O) groups is 1. The second-order valence-corrected chi connectivity index (χ2v) is 2.78. The molecule has 1 amide bonds. The number of hydrogen-bond acceptors (Lipinski definition) is 1. The maximum absolute atomic E-state index is 13.0. The summed E-state index contributed by atoms with van der Waals surface area (Å²) in [5, 5.41) is 2.08. The molecule has 0 spiro atoms. The molecule has 0 fully saturated rings.